The molecule has 180 valence electrons. The van der Waals surface area contributed by atoms with Gasteiger partial charge in [0.05, 0.1) is 25.5 Å². The summed E-state index contributed by atoms with van der Waals surface area (Å²) in [5.41, 5.74) is 5.13. The second-order valence-corrected chi connectivity index (χ2v) is 9.03. The second-order valence-electron chi connectivity index (χ2n) is 9.03. The Morgan fingerprint density at radius 2 is 2.03 bits per heavy atom. The van der Waals surface area contributed by atoms with E-state index in [0.717, 1.165) is 40.8 Å². The molecule has 1 aliphatic rings. The maximum atomic E-state index is 13.6. The number of furan rings is 1. The van der Waals surface area contributed by atoms with Crippen molar-refractivity contribution in [2.45, 2.75) is 46.2 Å². The van der Waals surface area contributed by atoms with Crippen LogP contribution >= 0.6 is 0 Å². The summed E-state index contributed by atoms with van der Waals surface area (Å²) in [5.74, 6) is 1.42. The van der Waals surface area contributed by atoms with E-state index in [-0.39, 0.29) is 11.7 Å². The first-order valence-corrected chi connectivity index (χ1v) is 11.9. The van der Waals surface area contributed by atoms with E-state index in [1.165, 1.54) is 0 Å². The van der Waals surface area contributed by atoms with E-state index in [1.807, 2.05) is 56.3 Å². The fourth-order valence-electron chi connectivity index (χ4n) is 4.83. The third-order valence-electron chi connectivity index (χ3n) is 6.41. The number of aromatic nitrogens is 2. The Morgan fingerprint density at radius 1 is 1.17 bits per heavy atom. The number of aromatic hydroxyl groups is 1. The van der Waals surface area contributed by atoms with Crippen LogP contribution in [0.5, 0.6) is 11.5 Å². The van der Waals surface area contributed by atoms with Gasteiger partial charge in [-0.25, -0.2) is 0 Å². The van der Waals surface area contributed by atoms with Crippen molar-refractivity contribution >= 4 is 5.91 Å². The summed E-state index contributed by atoms with van der Waals surface area (Å²) in [6.07, 6.45) is 3.63. The fourth-order valence-corrected chi connectivity index (χ4v) is 4.83. The van der Waals surface area contributed by atoms with Crippen LogP contribution in [-0.2, 0) is 6.54 Å². The number of ether oxygens (including phenoxy) is 1. The van der Waals surface area contributed by atoms with Gasteiger partial charge in [0.25, 0.3) is 5.91 Å². The van der Waals surface area contributed by atoms with Crippen LogP contribution in [0.25, 0.3) is 11.3 Å². The van der Waals surface area contributed by atoms with Crippen molar-refractivity contribution in [3.05, 3.63) is 88.5 Å². The average molecular weight is 472 g/mol. The lowest BCUT2D eigenvalue weighted by molar-refractivity contribution is 0.0716. The molecule has 0 aliphatic carbocycles. The first-order valence-electron chi connectivity index (χ1n) is 11.9. The SMILES string of the molecule is CCCCOc1cccc(C2c3c(-c4c(C)cc(C)cc4O)n[nH]c3C(=O)N2Cc2ccco2)c1. The summed E-state index contributed by atoms with van der Waals surface area (Å²) in [6.45, 7) is 6.95. The van der Waals surface area contributed by atoms with E-state index in [2.05, 4.69) is 17.1 Å². The number of carbonyl (C=O) groups is 1. The average Bonchev–Trinajstić information content (AvgIpc) is 3.54. The highest BCUT2D eigenvalue weighted by Gasteiger charge is 2.43. The number of nitrogens with zero attached hydrogens (tertiary/aromatic N) is 2. The number of hydrogen-bond donors (Lipinski definition) is 2. The van der Waals surface area contributed by atoms with E-state index in [0.29, 0.717) is 35.9 Å². The van der Waals surface area contributed by atoms with Crippen LogP contribution in [0.3, 0.4) is 0 Å². The molecule has 5 rings (SSSR count). The van der Waals surface area contributed by atoms with Gasteiger partial charge in [0, 0.05) is 11.1 Å². The Labute approximate surface area is 204 Å². The van der Waals surface area contributed by atoms with Gasteiger partial charge in [-0.15, -0.1) is 0 Å². The first-order chi connectivity index (χ1) is 17.0. The lowest BCUT2D eigenvalue weighted by Gasteiger charge is -2.26. The van der Waals surface area contributed by atoms with Crippen molar-refractivity contribution in [1.82, 2.24) is 15.1 Å². The molecule has 0 bridgehead atoms. The number of H-pyrrole nitrogens is 1. The van der Waals surface area contributed by atoms with Crippen molar-refractivity contribution in [1.29, 1.82) is 0 Å². The number of aryl methyl sites for hydroxylation is 2. The molecule has 35 heavy (non-hydrogen) atoms. The van der Waals surface area contributed by atoms with Gasteiger partial charge in [-0.3, -0.25) is 9.89 Å². The van der Waals surface area contributed by atoms with Crippen molar-refractivity contribution in [2.24, 2.45) is 0 Å². The van der Waals surface area contributed by atoms with Crippen LogP contribution in [0.1, 0.15) is 64.3 Å². The quantitative estimate of drug-likeness (QED) is 0.311. The van der Waals surface area contributed by atoms with Crippen molar-refractivity contribution in [2.75, 3.05) is 6.61 Å². The summed E-state index contributed by atoms with van der Waals surface area (Å²) >= 11 is 0. The Kier molecular flexibility index (Phi) is 6.07. The monoisotopic (exact) mass is 471 g/mol. The third-order valence-corrected chi connectivity index (χ3v) is 6.41. The maximum absolute atomic E-state index is 13.6. The molecule has 4 aromatic rings. The van der Waals surface area contributed by atoms with Crippen LogP contribution in [-0.4, -0.2) is 32.7 Å². The number of benzene rings is 2. The van der Waals surface area contributed by atoms with Crippen LogP contribution in [0.2, 0.25) is 0 Å². The molecular weight excluding hydrogens is 442 g/mol. The number of amides is 1. The molecule has 0 saturated carbocycles. The van der Waals surface area contributed by atoms with Crippen LogP contribution in [0.4, 0.5) is 0 Å². The molecule has 0 saturated heterocycles. The van der Waals surface area contributed by atoms with Gasteiger partial charge in [-0.1, -0.05) is 31.5 Å². The normalized spacial score (nSPS) is 15.0. The van der Waals surface area contributed by atoms with Gasteiger partial charge < -0.3 is 19.2 Å². The van der Waals surface area contributed by atoms with E-state index < -0.39 is 6.04 Å². The zero-order valence-electron chi connectivity index (χ0n) is 20.2. The highest BCUT2D eigenvalue weighted by atomic mass is 16.5. The minimum atomic E-state index is -0.425. The summed E-state index contributed by atoms with van der Waals surface area (Å²) in [6, 6.07) is 14.8. The van der Waals surface area contributed by atoms with E-state index in [9.17, 15) is 9.90 Å². The van der Waals surface area contributed by atoms with Gasteiger partial charge in [0.1, 0.15) is 28.6 Å². The molecule has 2 aromatic carbocycles. The molecule has 2 aromatic heterocycles. The van der Waals surface area contributed by atoms with Gasteiger partial charge in [-0.05, 0) is 67.3 Å². The molecular formula is C28H29N3O4. The Bertz CT molecular complexity index is 1330. The molecule has 0 fully saturated rings. The molecule has 3 heterocycles. The predicted molar refractivity (Wildman–Crippen MR) is 132 cm³/mol. The second kappa shape index (κ2) is 9.33. The van der Waals surface area contributed by atoms with Gasteiger partial charge in [0.15, 0.2) is 0 Å². The smallest absolute Gasteiger partial charge is 0.273 e. The summed E-state index contributed by atoms with van der Waals surface area (Å²) in [4.78, 5) is 15.4. The van der Waals surface area contributed by atoms with Gasteiger partial charge >= 0.3 is 0 Å². The Balaban J connectivity index is 1.64. The highest BCUT2D eigenvalue weighted by Crippen LogP contribution is 2.46. The summed E-state index contributed by atoms with van der Waals surface area (Å²) in [5, 5.41) is 18.3. The van der Waals surface area contributed by atoms with Gasteiger partial charge in [0.2, 0.25) is 0 Å². The third kappa shape index (κ3) is 4.18. The standard InChI is InChI=1S/C28H29N3O4/c1-4-5-11-34-20-9-6-8-19(15-20)27-24-25(23-18(3)13-17(2)14-22(23)32)29-30-26(24)28(33)31(27)16-21-10-7-12-35-21/h6-10,12-15,27,32H,4-5,11,16H2,1-3H3,(H,29,30). The minimum absolute atomic E-state index is 0.143. The molecule has 1 amide bonds. The highest BCUT2D eigenvalue weighted by molar-refractivity contribution is 6.00. The number of fused-ring (bicyclic) bond motifs is 1. The molecule has 1 atom stereocenters. The fraction of sp³-hybridized carbons (Fsp3) is 0.286. The number of phenolic OH excluding ortho intramolecular Hbond substituents is 1. The summed E-state index contributed by atoms with van der Waals surface area (Å²) in [7, 11) is 0. The van der Waals surface area contributed by atoms with Crippen LogP contribution < -0.4 is 4.74 Å². The number of hydrogen-bond acceptors (Lipinski definition) is 5. The van der Waals surface area contributed by atoms with Crippen LogP contribution in [0.15, 0.2) is 59.2 Å². The number of carbonyl (C=O) groups excluding carboxylic acids is 1. The Hall–Kier alpha value is -4.00. The van der Waals surface area contributed by atoms with Crippen LogP contribution in [0, 0.1) is 13.8 Å². The number of aromatic amines is 1. The van der Waals surface area contributed by atoms with E-state index in [1.54, 1.807) is 17.2 Å². The van der Waals surface area contributed by atoms with E-state index in [4.69, 9.17) is 9.15 Å². The number of nitrogens with one attached hydrogen (secondary N) is 1. The van der Waals surface area contributed by atoms with Crippen molar-refractivity contribution in [3.63, 3.8) is 0 Å². The molecule has 7 nitrogen and oxygen atoms in total. The van der Waals surface area contributed by atoms with Crippen molar-refractivity contribution in [3.8, 4) is 22.8 Å². The lowest BCUT2D eigenvalue weighted by atomic mass is 9.93. The lowest BCUT2D eigenvalue weighted by Crippen LogP contribution is -2.29. The molecule has 1 aliphatic heterocycles. The minimum Gasteiger partial charge on any atom is -0.507 e. The topological polar surface area (TPSA) is 91.6 Å². The molecule has 0 radical (unpaired) electrons. The Morgan fingerprint density at radius 3 is 2.77 bits per heavy atom. The molecule has 0 spiro atoms. The predicted octanol–water partition coefficient (Wildman–Crippen LogP) is 5.92. The number of phenols is 1. The molecule has 2 N–H and O–H groups in total. The molecule has 7 heteroatoms. The van der Waals surface area contributed by atoms with E-state index >= 15 is 0 Å². The largest absolute Gasteiger partial charge is 0.507 e. The van der Waals surface area contributed by atoms with Gasteiger partial charge in [-0.2, -0.15) is 5.10 Å². The van der Waals surface area contributed by atoms with Crippen molar-refractivity contribution < 1.29 is 19.1 Å². The number of unbranched alkanes of at least 4 members (excludes halogenated alkanes) is 1. The zero-order valence-corrected chi connectivity index (χ0v) is 20.2. The number of rotatable bonds is 8. The maximum Gasteiger partial charge on any atom is 0.273 e. The summed E-state index contributed by atoms with van der Waals surface area (Å²) < 4.78 is 11.5. The first kappa shape index (κ1) is 22.8. The molecule has 1 unspecified atom stereocenters. The zero-order chi connectivity index (χ0) is 24.5.